The van der Waals surface area contributed by atoms with Gasteiger partial charge in [-0.1, -0.05) is 23.7 Å². The molecule has 0 fully saturated rings. The molecule has 0 saturated carbocycles. The third-order valence-corrected chi connectivity index (χ3v) is 7.49. The van der Waals surface area contributed by atoms with Crippen LogP contribution < -0.4 is 19.1 Å². The van der Waals surface area contributed by atoms with Crippen molar-refractivity contribution in [2.75, 3.05) is 29.9 Å². The van der Waals surface area contributed by atoms with Gasteiger partial charge in [-0.25, -0.2) is 17.6 Å². The molecule has 12 heteroatoms. The number of hydrogen-bond acceptors (Lipinski definition) is 7. The number of para-hydroxylation sites is 1. The lowest BCUT2D eigenvalue weighted by atomic mass is 10.1. The molecule has 1 aliphatic rings. The predicted molar refractivity (Wildman–Crippen MR) is 134 cm³/mol. The average Bonchev–Trinajstić information content (AvgIpc) is 2.89. The summed E-state index contributed by atoms with van der Waals surface area (Å²) in [4.78, 5) is 25.1. The van der Waals surface area contributed by atoms with Crippen LogP contribution in [0.25, 0.3) is 0 Å². The number of halogens is 2. The van der Waals surface area contributed by atoms with Crippen molar-refractivity contribution in [3.63, 3.8) is 0 Å². The van der Waals surface area contributed by atoms with Gasteiger partial charge in [0.2, 0.25) is 6.10 Å². The largest absolute Gasteiger partial charge is 0.495 e. The van der Waals surface area contributed by atoms with E-state index >= 15 is 0 Å². The highest BCUT2D eigenvalue weighted by atomic mass is 35.5. The number of nitrogens with zero attached hydrogens (tertiary/aromatic N) is 1. The molecule has 3 aromatic rings. The Morgan fingerprint density at radius 2 is 1.92 bits per heavy atom. The molecule has 0 aliphatic carbocycles. The maximum Gasteiger partial charge on any atom is 0.349 e. The number of carbonyl (C=O) groups excluding carboxylic acids is 2. The van der Waals surface area contributed by atoms with E-state index < -0.39 is 40.4 Å². The fraction of sp³-hybridized carbons (Fsp3) is 0.200. The Morgan fingerprint density at radius 1 is 1.16 bits per heavy atom. The summed E-state index contributed by atoms with van der Waals surface area (Å²) >= 11 is 6.08. The van der Waals surface area contributed by atoms with Crippen molar-refractivity contribution >= 4 is 44.9 Å². The van der Waals surface area contributed by atoms with Crippen LogP contribution in [-0.2, 0) is 19.6 Å². The van der Waals surface area contributed by atoms with Crippen LogP contribution in [0, 0.1) is 5.82 Å². The smallest absolute Gasteiger partial charge is 0.349 e. The van der Waals surface area contributed by atoms with Crippen LogP contribution in [0.1, 0.15) is 17.3 Å². The monoisotopic (exact) mass is 548 g/mol. The van der Waals surface area contributed by atoms with Gasteiger partial charge in [0, 0.05) is 10.6 Å². The first kappa shape index (κ1) is 26.2. The van der Waals surface area contributed by atoms with E-state index in [2.05, 4.69) is 5.32 Å². The molecule has 194 valence electrons. The highest BCUT2D eigenvalue weighted by molar-refractivity contribution is 7.93. The van der Waals surface area contributed by atoms with E-state index in [0.717, 1.165) is 4.31 Å². The summed E-state index contributed by atoms with van der Waals surface area (Å²) in [6.45, 7) is 1.23. The number of esters is 1. The van der Waals surface area contributed by atoms with Gasteiger partial charge in [0.05, 0.1) is 31.6 Å². The summed E-state index contributed by atoms with van der Waals surface area (Å²) in [5.41, 5.74) is -0.0285. The number of nitrogens with one attached hydrogen (secondary N) is 1. The van der Waals surface area contributed by atoms with Gasteiger partial charge < -0.3 is 19.5 Å². The topological polar surface area (TPSA) is 111 Å². The molecule has 9 nitrogen and oxygen atoms in total. The standard InChI is InChI=1S/C25H22ClFN2O7S/c1-3-35-25(31)22-14-29(37(32,33)23-13-16(26)9-11-21(23)34-2)19-12-15(8-10-20(19)36-22)24(30)28-18-7-5-4-6-17(18)27/h4-13,22H,3,14H2,1-2H3,(H,28,30). The first-order valence-electron chi connectivity index (χ1n) is 11.0. The minimum absolute atomic E-state index is 0.0104. The number of carbonyl (C=O) groups is 2. The summed E-state index contributed by atoms with van der Waals surface area (Å²) in [6, 6.07) is 13.7. The van der Waals surface area contributed by atoms with Crippen molar-refractivity contribution in [3.8, 4) is 11.5 Å². The van der Waals surface area contributed by atoms with Crippen LogP contribution in [0.2, 0.25) is 5.02 Å². The number of benzene rings is 3. The molecular weight excluding hydrogens is 527 g/mol. The quantitative estimate of drug-likeness (QED) is 0.439. The first-order valence-corrected chi connectivity index (χ1v) is 12.9. The summed E-state index contributed by atoms with van der Waals surface area (Å²) in [7, 11) is -3.08. The SMILES string of the molecule is CCOC(=O)C1CN(S(=O)(=O)c2cc(Cl)ccc2OC)c2cc(C(=O)Nc3ccccc3F)ccc2O1. The number of sulfonamides is 1. The molecule has 1 heterocycles. The Kier molecular flexibility index (Phi) is 7.55. The van der Waals surface area contributed by atoms with Crippen molar-refractivity contribution in [2.24, 2.45) is 0 Å². The van der Waals surface area contributed by atoms with Gasteiger partial charge in [-0.2, -0.15) is 0 Å². The molecule has 0 bridgehead atoms. The van der Waals surface area contributed by atoms with Gasteiger partial charge >= 0.3 is 5.97 Å². The highest BCUT2D eigenvalue weighted by Gasteiger charge is 2.40. The van der Waals surface area contributed by atoms with E-state index in [1.807, 2.05) is 0 Å². The molecule has 0 saturated heterocycles. The van der Waals surface area contributed by atoms with Crippen LogP contribution in [-0.4, -0.2) is 46.7 Å². The second-order valence-electron chi connectivity index (χ2n) is 7.81. The first-order chi connectivity index (χ1) is 17.6. The molecule has 0 spiro atoms. The predicted octanol–water partition coefficient (Wildman–Crippen LogP) is 4.26. The van der Waals surface area contributed by atoms with Crippen LogP contribution in [0.3, 0.4) is 0 Å². The van der Waals surface area contributed by atoms with E-state index in [9.17, 15) is 22.4 Å². The Balaban J connectivity index is 1.79. The lowest BCUT2D eigenvalue weighted by Crippen LogP contribution is -2.47. The fourth-order valence-corrected chi connectivity index (χ4v) is 5.60. The third-order valence-electron chi connectivity index (χ3n) is 5.46. The number of methoxy groups -OCH3 is 1. The lowest BCUT2D eigenvalue weighted by molar-refractivity contribution is -0.151. The average molecular weight is 549 g/mol. The van der Waals surface area contributed by atoms with E-state index in [0.29, 0.717) is 0 Å². The molecular formula is C25H22ClFN2O7S. The summed E-state index contributed by atoms with van der Waals surface area (Å²) in [5, 5.41) is 2.60. The maximum atomic E-state index is 14.0. The number of ether oxygens (including phenoxy) is 3. The summed E-state index contributed by atoms with van der Waals surface area (Å²) in [5.74, 6) is -2.02. The van der Waals surface area contributed by atoms with Gasteiger partial charge in [0.1, 0.15) is 22.2 Å². The van der Waals surface area contributed by atoms with Crippen molar-refractivity contribution in [1.29, 1.82) is 0 Å². The summed E-state index contributed by atoms with van der Waals surface area (Å²) < 4.78 is 58.7. The zero-order valence-electron chi connectivity index (χ0n) is 19.7. The zero-order chi connectivity index (χ0) is 26.7. The summed E-state index contributed by atoms with van der Waals surface area (Å²) in [6.07, 6.45) is -1.27. The molecule has 3 aromatic carbocycles. The number of fused-ring (bicyclic) bond motifs is 1. The van der Waals surface area contributed by atoms with Crippen molar-refractivity contribution < 1.29 is 36.6 Å². The second kappa shape index (κ2) is 10.7. The van der Waals surface area contributed by atoms with Gasteiger partial charge in [-0.15, -0.1) is 0 Å². The minimum Gasteiger partial charge on any atom is -0.495 e. The third kappa shape index (κ3) is 5.32. The highest BCUT2D eigenvalue weighted by Crippen LogP contribution is 2.40. The molecule has 1 N–H and O–H groups in total. The van der Waals surface area contributed by atoms with Gasteiger partial charge in [0.25, 0.3) is 15.9 Å². The van der Waals surface area contributed by atoms with Crippen LogP contribution >= 0.6 is 11.6 Å². The van der Waals surface area contributed by atoms with Crippen molar-refractivity contribution in [1.82, 2.24) is 0 Å². The molecule has 1 atom stereocenters. The molecule has 1 amide bonds. The zero-order valence-corrected chi connectivity index (χ0v) is 21.3. The van der Waals surface area contributed by atoms with Gasteiger partial charge in [-0.3, -0.25) is 9.10 Å². The fourth-order valence-electron chi connectivity index (χ4n) is 3.71. The molecule has 1 aliphatic heterocycles. The minimum atomic E-state index is -4.39. The van der Waals surface area contributed by atoms with Crippen LogP contribution in [0.4, 0.5) is 15.8 Å². The van der Waals surface area contributed by atoms with E-state index in [-0.39, 0.29) is 45.0 Å². The molecule has 0 aromatic heterocycles. The van der Waals surface area contributed by atoms with E-state index in [1.54, 1.807) is 13.0 Å². The molecule has 1 unspecified atom stereocenters. The van der Waals surface area contributed by atoms with Crippen LogP contribution in [0.5, 0.6) is 11.5 Å². The Labute approximate surface area is 217 Å². The maximum absolute atomic E-state index is 14.0. The van der Waals surface area contributed by atoms with Crippen molar-refractivity contribution in [2.45, 2.75) is 17.9 Å². The van der Waals surface area contributed by atoms with Crippen molar-refractivity contribution in [3.05, 3.63) is 77.1 Å². The molecule has 4 rings (SSSR count). The number of hydrogen-bond donors (Lipinski definition) is 1. The molecule has 0 radical (unpaired) electrons. The number of amides is 1. The van der Waals surface area contributed by atoms with Crippen LogP contribution in [0.15, 0.2) is 65.6 Å². The Bertz CT molecular complexity index is 1470. The number of anilines is 2. The second-order valence-corrected chi connectivity index (χ2v) is 10.1. The Hall–Kier alpha value is -3.83. The Morgan fingerprint density at radius 3 is 2.62 bits per heavy atom. The normalized spacial score (nSPS) is 14.8. The van der Waals surface area contributed by atoms with E-state index in [4.69, 9.17) is 25.8 Å². The van der Waals surface area contributed by atoms with Gasteiger partial charge in [0.15, 0.2) is 0 Å². The lowest BCUT2D eigenvalue weighted by Gasteiger charge is -2.34. The molecule has 37 heavy (non-hydrogen) atoms. The number of rotatable bonds is 7. The van der Waals surface area contributed by atoms with E-state index in [1.165, 1.54) is 61.7 Å². The van der Waals surface area contributed by atoms with Gasteiger partial charge in [-0.05, 0) is 55.5 Å².